The normalized spacial score (nSPS) is 22.4. The molecule has 138 valence electrons. The number of rotatable bonds is 5. The lowest BCUT2D eigenvalue weighted by Gasteiger charge is -2.24. The van der Waals surface area contributed by atoms with E-state index in [1.165, 1.54) is 7.11 Å². The number of aliphatic hydroxyl groups excluding tert-OH is 1. The second-order valence-corrected chi connectivity index (χ2v) is 6.73. The highest BCUT2D eigenvalue weighted by Gasteiger charge is 2.35. The Morgan fingerprint density at radius 2 is 1.96 bits per heavy atom. The van der Waals surface area contributed by atoms with Gasteiger partial charge in [-0.1, -0.05) is 12.1 Å². The lowest BCUT2D eigenvalue weighted by molar-refractivity contribution is 0.0810. The van der Waals surface area contributed by atoms with E-state index in [9.17, 15) is 10.2 Å². The van der Waals surface area contributed by atoms with Gasteiger partial charge in [-0.2, -0.15) is 0 Å². The SMILES string of the molecule is COc1cc(CC2COCC2C(O)c2ccc3c(c2)OCO3)ccc1O. The minimum Gasteiger partial charge on any atom is -0.504 e. The molecule has 6 heteroatoms. The maximum atomic E-state index is 10.9. The fourth-order valence-corrected chi connectivity index (χ4v) is 3.67. The minimum absolute atomic E-state index is 0.0184. The van der Waals surface area contributed by atoms with Crippen LogP contribution in [0.3, 0.4) is 0 Å². The van der Waals surface area contributed by atoms with Crippen molar-refractivity contribution in [2.75, 3.05) is 27.1 Å². The number of phenols is 1. The molecule has 0 amide bonds. The molecule has 2 aliphatic rings. The van der Waals surface area contributed by atoms with Crippen LogP contribution in [0.4, 0.5) is 0 Å². The van der Waals surface area contributed by atoms with E-state index < -0.39 is 6.10 Å². The average molecular weight is 358 g/mol. The van der Waals surface area contributed by atoms with Crippen molar-refractivity contribution in [3.63, 3.8) is 0 Å². The summed E-state index contributed by atoms with van der Waals surface area (Å²) in [5.74, 6) is 2.10. The highest BCUT2D eigenvalue weighted by Crippen LogP contribution is 2.40. The van der Waals surface area contributed by atoms with E-state index in [-0.39, 0.29) is 24.4 Å². The highest BCUT2D eigenvalue weighted by atomic mass is 16.7. The van der Waals surface area contributed by atoms with Crippen molar-refractivity contribution in [2.24, 2.45) is 11.8 Å². The summed E-state index contributed by atoms with van der Waals surface area (Å²) >= 11 is 0. The van der Waals surface area contributed by atoms with Crippen LogP contribution in [0.5, 0.6) is 23.0 Å². The summed E-state index contributed by atoms with van der Waals surface area (Å²) in [4.78, 5) is 0. The average Bonchev–Trinajstić information content (AvgIpc) is 3.31. The molecule has 2 aliphatic heterocycles. The Bertz CT molecular complexity index is 790. The van der Waals surface area contributed by atoms with E-state index in [1.54, 1.807) is 6.07 Å². The fraction of sp³-hybridized carbons (Fsp3) is 0.400. The smallest absolute Gasteiger partial charge is 0.231 e. The van der Waals surface area contributed by atoms with E-state index in [2.05, 4.69) is 0 Å². The van der Waals surface area contributed by atoms with Crippen molar-refractivity contribution in [3.8, 4) is 23.0 Å². The molecule has 26 heavy (non-hydrogen) atoms. The van der Waals surface area contributed by atoms with Crippen LogP contribution < -0.4 is 14.2 Å². The maximum Gasteiger partial charge on any atom is 0.231 e. The minimum atomic E-state index is -0.643. The Balaban J connectivity index is 1.51. The first kappa shape index (κ1) is 17.0. The molecule has 2 heterocycles. The first-order chi connectivity index (χ1) is 12.7. The van der Waals surface area contributed by atoms with Crippen LogP contribution in [0, 0.1) is 11.8 Å². The Hall–Kier alpha value is -2.44. The molecule has 0 bridgehead atoms. The van der Waals surface area contributed by atoms with Gasteiger partial charge in [0, 0.05) is 5.92 Å². The quantitative estimate of drug-likeness (QED) is 0.856. The lowest BCUT2D eigenvalue weighted by atomic mass is 9.83. The van der Waals surface area contributed by atoms with Gasteiger partial charge in [0.05, 0.1) is 26.4 Å². The first-order valence-corrected chi connectivity index (χ1v) is 8.67. The molecule has 6 nitrogen and oxygen atoms in total. The monoisotopic (exact) mass is 358 g/mol. The van der Waals surface area contributed by atoms with Crippen LogP contribution in [0.1, 0.15) is 17.2 Å². The van der Waals surface area contributed by atoms with Gasteiger partial charge < -0.3 is 29.2 Å². The Kier molecular flexibility index (Phi) is 4.61. The predicted octanol–water partition coefficient (Wildman–Crippen LogP) is 2.67. The zero-order chi connectivity index (χ0) is 18.1. The van der Waals surface area contributed by atoms with Crippen LogP contribution in [-0.2, 0) is 11.2 Å². The summed E-state index contributed by atoms with van der Waals surface area (Å²) in [6, 6.07) is 10.9. The van der Waals surface area contributed by atoms with Gasteiger partial charge in [0.1, 0.15) is 0 Å². The third-order valence-electron chi connectivity index (χ3n) is 5.13. The van der Waals surface area contributed by atoms with Crippen LogP contribution in [0.25, 0.3) is 0 Å². The van der Waals surface area contributed by atoms with Gasteiger partial charge in [0.15, 0.2) is 23.0 Å². The molecule has 4 rings (SSSR count). The van der Waals surface area contributed by atoms with Crippen molar-refractivity contribution >= 4 is 0 Å². The Morgan fingerprint density at radius 1 is 1.12 bits per heavy atom. The van der Waals surface area contributed by atoms with E-state index in [1.807, 2.05) is 30.3 Å². The van der Waals surface area contributed by atoms with Crippen molar-refractivity contribution < 1.29 is 29.2 Å². The second-order valence-electron chi connectivity index (χ2n) is 6.73. The lowest BCUT2D eigenvalue weighted by Crippen LogP contribution is -2.22. The van der Waals surface area contributed by atoms with Crippen molar-refractivity contribution in [1.82, 2.24) is 0 Å². The topological polar surface area (TPSA) is 77.4 Å². The number of benzene rings is 2. The number of hydrogen-bond acceptors (Lipinski definition) is 6. The molecule has 0 radical (unpaired) electrons. The van der Waals surface area contributed by atoms with Crippen molar-refractivity contribution in [2.45, 2.75) is 12.5 Å². The molecule has 3 unspecified atom stereocenters. The van der Waals surface area contributed by atoms with Gasteiger partial charge in [-0.25, -0.2) is 0 Å². The van der Waals surface area contributed by atoms with Gasteiger partial charge in [0.2, 0.25) is 6.79 Å². The molecule has 2 aromatic rings. The van der Waals surface area contributed by atoms with E-state index in [0.717, 1.165) is 17.5 Å². The first-order valence-electron chi connectivity index (χ1n) is 8.67. The predicted molar refractivity (Wildman–Crippen MR) is 93.7 cm³/mol. The van der Waals surface area contributed by atoms with E-state index in [0.29, 0.717) is 30.5 Å². The number of methoxy groups -OCH3 is 1. The van der Waals surface area contributed by atoms with Crippen molar-refractivity contribution in [3.05, 3.63) is 47.5 Å². The standard InChI is InChI=1S/C20H22O6/c1-23-18-7-12(2-4-16(18)21)6-14-9-24-10-15(14)20(22)13-3-5-17-19(8-13)26-11-25-17/h2-5,7-8,14-15,20-22H,6,9-11H2,1H3. The molecular formula is C20H22O6. The largest absolute Gasteiger partial charge is 0.504 e. The molecule has 0 aliphatic carbocycles. The third-order valence-corrected chi connectivity index (χ3v) is 5.13. The summed E-state index contributed by atoms with van der Waals surface area (Å²) < 4.78 is 21.6. The zero-order valence-electron chi connectivity index (χ0n) is 14.6. The van der Waals surface area contributed by atoms with Crippen LogP contribution >= 0.6 is 0 Å². The molecule has 2 N–H and O–H groups in total. The van der Waals surface area contributed by atoms with E-state index in [4.69, 9.17) is 18.9 Å². The van der Waals surface area contributed by atoms with Crippen LogP contribution in [0.15, 0.2) is 36.4 Å². The maximum absolute atomic E-state index is 10.9. The van der Waals surface area contributed by atoms with Gasteiger partial charge in [-0.3, -0.25) is 0 Å². The van der Waals surface area contributed by atoms with Crippen LogP contribution in [-0.4, -0.2) is 37.3 Å². The Labute approximate surface area is 151 Å². The molecular weight excluding hydrogens is 336 g/mol. The molecule has 0 spiro atoms. The van der Waals surface area contributed by atoms with Gasteiger partial charge in [-0.05, 0) is 47.7 Å². The van der Waals surface area contributed by atoms with Gasteiger partial charge >= 0.3 is 0 Å². The third kappa shape index (κ3) is 3.18. The molecule has 1 fully saturated rings. The highest BCUT2D eigenvalue weighted by molar-refractivity contribution is 5.45. The zero-order valence-corrected chi connectivity index (χ0v) is 14.6. The number of phenolic OH excluding ortho intramolecular Hbond substituents is 1. The number of ether oxygens (including phenoxy) is 4. The summed E-state index contributed by atoms with van der Waals surface area (Å²) in [5.41, 5.74) is 1.84. The molecule has 0 aromatic heterocycles. The second kappa shape index (κ2) is 7.05. The number of fused-ring (bicyclic) bond motifs is 1. The fourth-order valence-electron chi connectivity index (χ4n) is 3.67. The molecule has 3 atom stereocenters. The number of aliphatic hydroxyl groups is 1. The van der Waals surface area contributed by atoms with Crippen molar-refractivity contribution in [1.29, 1.82) is 0 Å². The summed E-state index contributed by atoms with van der Waals surface area (Å²) in [5, 5.41) is 20.7. The number of aromatic hydroxyl groups is 1. The van der Waals surface area contributed by atoms with Crippen LogP contribution in [0.2, 0.25) is 0 Å². The molecule has 1 saturated heterocycles. The molecule has 0 saturated carbocycles. The van der Waals surface area contributed by atoms with Gasteiger partial charge in [0.25, 0.3) is 0 Å². The van der Waals surface area contributed by atoms with Gasteiger partial charge in [-0.15, -0.1) is 0 Å². The summed E-state index contributed by atoms with van der Waals surface area (Å²) in [7, 11) is 1.53. The summed E-state index contributed by atoms with van der Waals surface area (Å²) in [6.07, 6.45) is 0.0964. The van der Waals surface area contributed by atoms with E-state index >= 15 is 0 Å². The summed E-state index contributed by atoms with van der Waals surface area (Å²) in [6.45, 7) is 1.32. The molecule has 2 aromatic carbocycles. The number of hydrogen-bond donors (Lipinski definition) is 2. The Morgan fingerprint density at radius 3 is 2.81 bits per heavy atom.